The second-order valence-corrected chi connectivity index (χ2v) is 4.80. The van der Waals surface area contributed by atoms with E-state index >= 15 is 0 Å². The molecule has 3 atom stereocenters. The average molecular weight is 244 g/mol. The van der Waals surface area contributed by atoms with E-state index < -0.39 is 0 Å². The van der Waals surface area contributed by atoms with Crippen molar-refractivity contribution < 1.29 is 4.74 Å². The molecule has 0 aromatic heterocycles. The number of nitrogens with zero attached hydrogens (tertiary/aromatic N) is 1. The zero-order valence-corrected chi connectivity index (χ0v) is 12.6. The molecule has 0 aliphatic rings. The van der Waals surface area contributed by atoms with Crippen LogP contribution in [-0.4, -0.2) is 49.8 Å². The van der Waals surface area contributed by atoms with E-state index in [4.69, 9.17) is 4.74 Å². The average Bonchev–Trinajstić information content (AvgIpc) is 2.35. The van der Waals surface area contributed by atoms with Crippen LogP contribution in [0.25, 0.3) is 0 Å². The molecule has 0 aliphatic heterocycles. The van der Waals surface area contributed by atoms with Crippen molar-refractivity contribution in [1.82, 2.24) is 10.2 Å². The predicted molar refractivity (Wildman–Crippen MR) is 75.6 cm³/mol. The van der Waals surface area contributed by atoms with Crippen molar-refractivity contribution in [3.05, 3.63) is 0 Å². The number of hydrogen-bond donors (Lipinski definition) is 1. The van der Waals surface area contributed by atoms with Crippen LogP contribution in [0.1, 0.15) is 47.5 Å². The molecule has 0 radical (unpaired) electrons. The highest BCUT2D eigenvalue weighted by molar-refractivity contribution is 4.82. The Hall–Kier alpha value is -0.120. The smallest absolute Gasteiger partial charge is 0.0589 e. The summed E-state index contributed by atoms with van der Waals surface area (Å²) in [5, 5.41) is 3.59. The van der Waals surface area contributed by atoms with Crippen molar-refractivity contribution in [2.75, 3.05) is 26.8 Å². The molecule has 0 heterocycles. The highest BCUT2D eigenvalue weighted by atomic mass is 16.5. The van der Waals surface area contributed by atoms with Crippen LogP contribution in [0.2, 0.25) is 0 Å². The molecule has 17 heavy (non-hydrogen) atoms. The van der Waals surface area contributed by atoms with Crippen LogP contribution in [-0.2, 0) is 4.74 Å². The Bertz CT molecular complexity index is 176. The summed E-state index contributed by atoms with van der Waals surface area (Å²) < 4.78 is 5.23. The van der Waals surface area contributed by atoms with Gasteiger partial charge in [0.15, 0.2) is 0 Å². The third kappa shape index (κ3) is 5.84. The van der Waals surface area contributed by atoms with Crippen LogP contribution in [0.4, 0.5) is 0 Å². The molecule has 0 saturated carbocycles. The van der Waals surface area contributed by atoms with Gasteiger partial charge in [0.05, 0.1) is 6.61 Å². The fraction of sp³-hybridized carbons (Fsp3) is 1.00. The molecular formula is C14H32N2O. The molecule has 0 aromatic carbocycles. The van der Waals surface area contributed by atoms with E-state index in [2.05, 4.69) is 44.8 Å². The van der Waals surface area contributed by atoms with Gasteiger partial charge in [-0.3, -0.25) is 4.90 Å². The summed E-state index contributed by atoms with van der Waals surface area (Å²) in [7, 11) is 1.78. The first-order valence-electron chi connectivity index (χ1n) is 7.10. The van der Waals surface area contributed by atoms with Gasteiger partial charge in [-0.2, -0.15) is 0 Å². The largest absolute Gasteiger partial charge is 0.383 e. The lowest BCUT2D eigenvalue weighted by atomic mass is 10.0. The lowest BCUT2D eigenvalue weighted by Crippen LogP contribution is -2.52. The summed E-state index contributed by atoms with van der Waals surface area (Å²) in [5.41, 5.74) is 0. The van der Waals surface area contributed by atoms with Gasteiger partial charge in [-0.15, -0.1) is 0 Å². The van der Waals surface area contributed by atoms with E-state index in [1.807, 2.05) is 0 Å². The van der Waals surface area contributed by atoms with Gasteiger partial charge in [-0.25, -0.2) is 0 Å². The lowest BCUT2D eigenvalue weighted by molar-refractivity contribution is 0.0773. The number of likely N-dealkylation sites (N-methyl/N-ethyl adjacent to an activating group) is 1. The fourth-order valence-corrected chi connectivity index (χ4v) is 2.41. The zero-order valence-electron chi connectivity index (χ0n) is 12.6. The molecule has 0 saturated heterocycles. The van der Waals surface area contributed by atoms with Gasteiger partial charge in [0, 0.05) is 31.8 Å². The van der Waals surface area contributed by atoms with Gasteiger partial charge in [-0.1, -0.05) is 20.8 Å². The summed E-state index contributed by atoms with van der Waals surface area (Å²) in [6.45, 7) is 14.2. The third-order valence-corrected chi connectivity index (χ3v) is 3.72. The molecule has 0 rings (SSSR count). The lowest BCUT2D eigenvalue weighted by Gasteiger charge is -2.38. The second kappa shape index (κ2) is 9.86. The van der Waals surface area contributed by atoms with Crippen LogP contribution in [0.15, 0.2) is 0 Å². The summed E-state index contributed by atoms with van der Waals surface area (Å²) in [6.07, 6.45) is 2.37. The topological polar surface area (TPSA) is 24.5 Å². The molecule has 0 aliphatic carbocycles. The summed E-state index contributed by atoms with van der Waals surface area (Å²) in [6, 6.07) is 1.75. The van der Waals surface area contributed by atoms with Gasteiger partial charge >= 0.3 is 0 Å². The predicted octanol–water partition coefficient (Wildman–Crippen LogP) is 2.51. The molecule has 0 amide bonds. The van der Waals surface area contributed by atoms with Gasteiger partial charge in [0.25, 0.3) is 0 Å². The van der Waals surface area contributed by atoms with E-state index in [-0.39, 0.29) is 0 Å². The fourth-order valence-electron chi connectivity index (χ4n) is 2.41. The Kier molecular flexibility index (Phi) is 9.79. The van der Waals surface area contributed by atoms with E-state index in [0.29, 0.717) is 18.1 Å². The summed E-state index contributed by atoms with van der Waals surface area (Å²) in [5.74, 6) is 0. The van der Waals surface area contributed by atoms with E-state index in [1.165, 1.54) is 12.8 Å². The van der Waals surface area contributed by atoms with Crippen LogP contribution >= 0.6 is 0 Å². The Balaban J connectivity index is 4.51. The van der Waals surface area contributed by atoms with Gasteiger partial charge in [0.1, 0.15) is 0 Å². The molecule has 3 unspecified atom stereocenters. The maximum absolute atomic E-state index is 5.23. The number of methoxy groups -OCH3 is 1. The molecule has 0 fully saturated rings. The minimum absolute atomic E-state index is 0.560. The van der Waals surface area contributed by atoms with Crippen molar-refractivity contribution in [2.45, 2.75) is 65.6 Å². The summed E-state index contributed by atoms with van der Waals surface area (Å²) >= 11 is 0. The molecule has 1 N–H and O–H groups in total. The maximum atomic E-state index is 5.23. The van der Waals surface area contributed by atoms with Gasteiger partial charge in [0.2, 0.25) is 0 Å². The van der Waals surface area contributed by atoms with Crippen molar-refractivity contribution in [3.8, 4) is 0 Å². The van der Waals surface area contributed by atoms with Crippen molar-refractivity contribution in [2.24, 2.45) is 0 Å². The Labute approximate surface area is 108 Å². The van der Waals surface area contributed by atoms with Crippen molar-refractivity contribution >= 4 is 0 Å². The zero-order chi connectivity index (χ0) is 13.3. The highest BCUT2D eigenvalue weighted by Crippen LogP contribution is 2.13. The first kappa shape index (κ1) is 16.9. The van der Waals surface area contributed by atoms with Gasteiger partial charge < -0.3 is 10.1 Å². The van der Waals surface area contributed by atoms with Gasteiger partial charge in [-0.05, 0) is 33.2 Å². The molecule has 3 nitrogen and oxygen atoms in total. The van der Waals surface area contributed by atoms with E-state index in [9.17, 15) is 0 Å². The second-order valence-electron chi connectivity index (χ2n) is 4.80. The van der Waals surface area contributed by atoms with Crippen LogP contribution in [0.5, 0.6) is 0 Å². The normalized spacial score (nSPS) is 17.1. The van der Waals surface area contributed by atoms with Crippen LogP contribution in [0.3, 0.4) is 0 Å². The number of hydrogen-bond acceptors (Lipinski definition) is 3. The number of ether oxygens (including phenoxy) is 1. The van der Waals surface area contributed by atoms with E-state index in [1.54, 1.807) is 7.11 Å². The van der Waals surface area contributed by atoms with Crippen molar-refractivity contribution in [3.63, 3.8) is 0 Å². The monoisotopic (exact) mass is 244 g/mol. The third-order valence-electron chi connectivity index (χ3n) is 3.72. The molecule has 0 aromatic rings. The van der Waals surface area contributed by atoms with Crippen LogP contribution in [0, 0.1) is 0 Å². The Morgan fingerprint density at radius 1 is 1.12 bits per heavy atom. The maximum Gasteiger partial charge on any atom is 0.0589 e. The summed E-state index contributed by atoms with van der Waals surface area (Å²) in [4.78, 5) is 2.57. The highest BCUT2D eigenvalue weighted by Gasteiger charge is 2.24. The van der Waals surface area contributed by atoms with Crippen molar-refractivity contribution in [1.29, 1.82) is 0 Å². The minimum atomic E-state index is 0.560. The standard InChI is InChI=1S/C14H32N2O/c1-7-12(4)16(10-11-17-6)13(5)14(8-2)15-9-3/h12-15H,7-11H2,1-6H3. The SMILES string of the molecule is CCNC(CC)C(C)N(CCOC)C(C)CC. The molecule has 0 spiro atoms. The Morgan fingerprint density at radius 2 is 1.76 bits per heavy atom. The molecule has 0 bridgehead atoms. The molecule has 104 valence electrons. The van der Waals surface area contributed by atoms with E-state index in [0.717, 1.165) is 19.7 Å². The first-order chi connectivity index (χ1) is 8.12. The number of nitrogens with one attached hydrogen (secondary N) is 1. The quantitative estimate of drug-likeness (QED) is 0.639. The van der Waals surface area contributed by atoms with Crippen LogP contribution < -0.4 is 5.32 Å². The molecule has 3 heteroatoms. The Morgan fingerprint density at radius 3 is 2.18 bits per heavy atom. The first-order valence-corrected chi connectivity index (χ1v) is 7.10. The molecular weight excluding hydrogens is 212 g/mol. The number of rotatable bonds is 10. The minimum Gasteiger partial charge on any atom is -0.383 e.